The first-order chi connectivity index (χ1) is 14.3. The van der Waals surface area contributed by atoms with Crippen molar-refractivity contribution in [3.8, 4) is 11.4 Å². The highest BCUT2D eigenvalue weighted by atomic mass is 16.1. The molecule has 1 N–H and O–H groups in total. The molecule has 5 rings (SSSR count). The van der Waals surface area contributed by atoms with Crippen LogP contribution in [0.25, 0.3) is 22.5 Å². The van der Waals surface area contributed by atoms with Crippen molar-refractivity contribution < 1.29 is 0 Å². The normalized spacial score (nSPS) is 14.9. The Morgan fingerprint density at radius 3 is 2.21 bits per heavy atom. The summed E-state index contributed by atoms with van der Waals surface area (Å²) in [6.45, 7) is 0. The lowest BCUT2D eigenvalue weighted by atomic mass is 9.96. The number of benzene rings is 2. The third kappa shape index (κ3) is 3.29. The molecule has 0 amide bonds. The fourth-order valence-electron chi connectivity index (χ4n) is 3.95. The molecule has 0 spiro atoms. The lowest BCUT2D eigenvalue weighted by Gasteiger charge is -2.24. The third-order valence-electron chi connectivity index (χ3n) is 5.43. The molecule has 2 aromatic carbocycles. The number of anilines is 1. The molecule has 7 nitrogen and oxygen atoms in total. The third-order valence-corrected chi connectivity index (χ3v) is 5.43. The molecule has 0 unspecified atom stereocenters. The van der Waals surface area contributed by atoms with E-state index in [4.69, 9.17) is 4.98 Å². The highest BCUT2D eigenvalue weighted by Crippen LogP contribution is 2.23. The largest absolute Gasteiger partial charge is 0.352 e. The molecule has 0 atom stereocenters. The van der Waals surface area contributed by atoms with Gasteiger partial charge in [0.05, 0.1) is 11.4 Å². The van der Waals surface area contributed by atoms with Gasteiger partial charge in [0, 0.05) is 6.04 Å². The van der Waals surface area contributed by atoms with Crippen LogP contribution in [-0.4, -0.2) is 30.6 Å². The van der Waals surface area contributed by atoms with Crippen LogP contribution in [0.1, 0.15) is 32.1 Å². The SMILES string of the molecule is O=c1c2nnn(-c3ccccc3)c2nc(NC2CCCCC2)n1-c1ccccc1. The Balaban J connectivity index is 1.70. The Kier molecular flexibility index (Phi) is 4.56. The average molecular weight is 386 g/mol. The molecular weight excluding hydrogens is 364 g/mol. The van der Waals surface area contributed by atoms with Crippen LogP contribution in [0.3, 0.4) is 0 Å². The van der Waals surface area contributed by atoms with Crippen molar-refractivity contribution >= 4 is 17.1 Å². The molecule has 1 fully saturated rings. The minimum absolute atomic E-state index is 0.221. The molecular formula is C22H22N6O. The molecule has 0 radical (unpaired) electrons. The lowest BCUT2D eigenvalue weighted by Crippen LogP contribution is -2.30. The van der Waals surface area contributed by atoms with E-state index < -0.39 is 0 Å². The highest BCUT2D eigenvalue weighted by molar-refractivity contribution is 5.73. The summed E-state index contributed by atoms with van der Waals surface area (Å²) in [6.07, 6.45) is 5.82. The predicted molar refractivity (Wildman–Crippen MR) is 113 cm³/mol. The summed E-state index contributed by atoms with van der Waals surface area (Å²) in [7, 11) is 0. The Morgan fingerprint density at radius 1 is 0.862 bits per heavy atom. The van der Waals surface area contributed by atoms with Gasteiger partial charge in [0.25, 0.3) is 5.56 Å². The van der Waals surface area contributed by atoms with Gasteiger partial charge in [-0.15, -0.1) is 5.10 Å². The molecule has 2 heterocycles. The molecule has 1 aliphatic carbocycles. The van der Waals surface area contributed by atoms with Gasteiger partial charge in [-0.3, -0.25) is 4.79 Å². The molecule has 4 aromatic rings. The van der Waals surface area contributed by atoms with Crippen LogP contribution in [-0.2, 0) is 0 Å². The van der Waals surface area contributed by atoms with E-state index in [0.29, 0.717) is 17.6 Å². The minimum atomic E-state index is -0.221. The standard InChI is InChI=1S/C22H22N6O/c29-21-19-20(28(26-25-19)18-14-8-3-9-15-18)24-22(23-16-10-4-1-5-11-16)27(21)17-12-6-2-7-13-17/h2-3,6-9,12-16H,1,4-5,10-11H2,(H,23,24). The number of hydrogen-bond donors (Lipinski definition) is 1. The van der Waals surface area contributed by atoms with Crippen molar-refractivity contribution in [2.75, 3.05) is 5.32 Å². The smallest absolute Gasteiger partial charge is 0.289 e. The molecule has 0 saturated heterocycles. The van der Waals surface area contributed by atoms with E-state index in [2.05, 4.69) is 15.6 Å². The van der Waals surface area contributed by atoms with Crippen LogP contribution in [0.4, 0.5) is 5.95 Å². The molecule has 2 aromatic heterocycles. The Hall–Kier alpha value is -3.48. The summed E-state index contributed by atoms with van der Waals surface area (Å²) in [5, 5.41) is 11.9. The van der Waals surface area contributed by atoms with E-state index in [9.17, 15) is 4.79 Å². The summed E-state index contributed by atoms with van der Waals surface area (Å²) < 4.78 is 3.24. The van der Waals surface area contributed by atoms with Gasteiger partial charge in [0.15, 0.2) is 11.2 Å². The second kappa shape index (κ2) is 7.50. The Bertz CT molecular complexity index is 1180. The van der Waals surface area contributed by atoms with E-state index in [-0.39, 0.29) is 11.1 Å². The topological polar surface area (TPSA) is 77.6 Å². The zero-order chi connectivity index (χ0) is 19.6. The Morgan fingerprint density at radius 2 is 1.52 bits per heavy atom. The van der Waals surface area contributed by atoms with Gasteiger partial charge in [0.1, 0.15) is 0 Å². The monoisotopic (exact) mass is 386 g/mol. The van der Waals surface area contributed by atoms with Crippen molar-refractivity contribution in [2.45, 2.75) is 38.1 Å². The summed E-state index contributed by atoms with van der Waals surface area (Å²) >= 11 is 0. The second-order valence-corrected chi connectivity index (χ2v) is 7.40. The molecule has 7 heteroatoms. The number of nitrogens with zero attached hydrogens (tertiary/aromatic N) is 5. The first-order valence-electron chi connectivity index (χ1n) is 10.1. The predicted octanol–water partition coefficient (Wildman–Crippen LogP) is 3.71. The van der Waals surface area contributed by atoms with Gasteiger partial charge < -0.3 is 5.32 Å². The number of hydrogen-bond acceptors (Lipinski definition) is 5. The van der Waals surface area contributed by atoms with Gasteiger partial charge >= 0.3 is 0 Å². The number of nitrogens with one attached hydrogen (secondary N) is 1. The molecule has 1 saturated carbocycles. The van der Waals surface area contributed by atoms with E-state index in [1.807, 2.05) is 60.7 Å². The number of fused-ring (bicyclic) bond motifs is 1. The van der Waals surface area contributed by atoms with Crippen LogP contribution >= 0.6 is 0 Å². The van der Waals surface area contributed by atoms with Crippen molar-refractivity contribution in [3.05, 3.63) is 71.0 Å². The van der Waals surface area contributed by atoms with Crippen LogP contribution in [0.2, 0.25) is 0 Å². The zero-order valence-corrected chi connectivity index (χ0v) is 16.0. The maximum Gasteiger partial charge on any atom is 0.289 e. The number of rotatable bonds is 4. The molecule has 0 bridgehead atoms. The summed E-state index contributed by atoms with van der Waals surface area (Å²) in [4.78, 5) is 18.2. The van der Waals surface area contributed by atoms with Gasteiger partial charge in [-0.2, -0.15) is 9.67 Å². The quantitative estimate of drug-likeness (QED) is 0.578. The minimum Gasteiger partial charge on any atom is -0.352 e. The molecule has 0 aliphatic heterocycles. The van der Waals surface area contributed by atoms with Crippen molar-refractivity contribution in [3.63, 3.8) is 0 Å². The van der Waals surface area contributed by atoms with Gasteiger partial charge in [-0.1, -0.05) is 60.9 Å². The fraction of sp³-hybridized carbons (Fsp3) is 0.273. The zero-order valence-electron chi connectivity index (χ0n) is 16.0. The summed E-state index contributed by atoms with van der Waals surface area (Å²) in [5.41, 5.74) is 2.09. The number of para-hydroxylation sites is 2. The van der Waals surface area contributed by atoms with E-state index in [1.54, 1.807) is 9.25 Å². The Labute approximate surface area is 168 Å². The number of aromatic nitrogens is 5. The molecule has 146 valence electrons. The van der Waals surface area contributed by atoms with E-state index in [1.165, 1.54) is 19.3 Å². The van der Waals surface area contributed by atoms with Crippen molar-refractivity contribution in [1.29, 1.82) is 0 Å². The van der Waals surface area contributed by atoms with Crippen LogP contribution in [0.5, 0.6) is 0 Å². The van der Waals surface area contributed by atoms with Gasteiger partial charge in [0.2, 0.25) is 5.95 Å². The fourth-order valence-corrected chi connectivity index (χ4v) is 3.95. The first kappa shape index (κ1) is 17.6. The molecule has 29 heavy (non-hydrogen) atoms. The molecule has 1 aliphatic rings. The van der Waals surface area contributed by atoms with Crippen LogP contribution in [0.15, 0.2) is 65.5 Å². The first-order valence-corrected chi connectivity index (χ1v) is 10.1. The lowest BCUT2D eigenvalue weighted by molar-refractivity contribution is 0.460. The van der Waals surface area contributed by atoms with Gasteiger partial charge in [-0.25, -0.2) is 4.57 Å². The summed E-state index contributed by atoms with van der Waals surface area (Å²) in [5.74, 6) is 0.542. The summed E-state index contributed by atoms with van der Waals surface area (Å²) in [6, 6.07) is 19.5. The maximum atomic E-state index is 13.4. The average Bonchev–Trinajstić information content (AvgIpc) is 3.20. The van der Waals surface area contributed by atoms with Crippen LogP contribution < -0.4 is 10.9 Å². The van der Waals surface area contributed by atoms with Crippen molar-refractivity contribution in [2.24, 2.45) is 0 Å². The van der Waals surface area contributed by atoms with Gasteiger partial charge in [-0.05, 0) is 37.1 Å². The van der Waals surface area contributed by atoms with E-state index in [0.717, 1.165) is 24.2 Å². The highest BCUT2D eigenvalue weighted by Gasteiger charge is 2.21. The van der Waals surface area contributed by atoms with E-state index >= 15 is 0 Å². The second-order valence-electron chi connectivity index (χ2n) is 7.40. The van der Waals surface area contributed by atoms with Crippen molar-refractivity contribution in [1.82, 2.24) is 24.5 Å². The van der Waals surface area contributed by atoms with Crippen LogP contribution in [0, 0.1) is 0 Å². The maximum absolute atomic E-state index is 13.4.